The van der Waals surface area contributed by atoms with Crippen LogP contribution in [-0.2, 0) is 14.3 Å². The first-order valence-corrected chi connectivity index (χ1v) is 8.13. The van der Waals surface area contributed by atoms with Crippen LogP contribution < -0.4 is 10.2 Å². The van der Waals surface area contributed by atoms with E-state index in [4.69, 9.17) is 11.2 Å². The van der Waals surface area contributed by atoms with Crippen LogP contribution in [0.2, 0.25) is 0 Å². The van der Waals surface area contributed by atoms with Gasteiger partial charge in [0.15, 0.2) is 11.6 Å². The number of ether oxygens (including phenoxy) is 1. The fraction of sp³-hybridized carbons (Fsp3) is 0.444. The lowest BCUT2D eigenvalue weighted by Gasteiger charge is -2.21. The van der Waals surface area contributed by atoms with E-state index < -0.39 is 23.6 Å². The molecule has 0 radical (unpaired) electrons. The number of hydrogen-bond acceptors (Lipinski definition) is 3. The van der Waals surface area contributed by atoms with Gasteiger partial charge in [0.05, 0.1) is 12.0 Å². The SMILES string of the molecule is C#C[C@H](NC(=O)[C@@H]1CC(=O)N(c2ccc(F)c(F)c2)C1)[C@H]1CCCO1. The Bertz CT molecular complexity index is 726. The zero-order chi connectivity index (χ0) is 18.0. The summed E-state index contributed by atoms with van der Waals surface area (Å²) in [6, 6.07) is 2.68. The molecular formula is C18H18F2N2O3. The van der Waals surface area contributed by atoms with Crippen LogP contribution in [-0.4, -0.2) is 37.1 Å². The lowest BCUT2D eigenvalue weighted by atomic mass is 10.0. The molecule has 1 N–H and O–H groups in total. The van der Waals surface area contributed by atoms with E-state index in [1.807, 2.05) is 0 Å². The Morgan fingerprint density at radius 2 is 2.20 bits per heavy atom. The second-order valence-electron chi connectivity index (χ2n) is 6.21. The van der Waals surface area contributed by atoms with Crippen molar-refractivity contribution in [3.8, 4) is 12.3 Å². The number of hydrogen-bond donors (Lipinski definition) is 1. The van der Waals surface area contributed by atoms with Crippen LogP contribution in [0.15, 0.2) is 18.2 Å². The number of carbonyl (C=O) groups is 2. The monoisotopic (exact) mass is 348 g/mol. The molecule has 1 aromatic carbocycles. The first-order chi connectivity index (χ1) is 12.0. The number of nitrogens with one attached hydrogen (secondary N) is 1. The summed E-state index contributed by atoms with van der Waals surface area (Å²) in [6.45, 7) is 0.711. The van der Waals surface area contributed by atoms with Gasteiger partial charge >= 0.3 is 0 Å². The van der Waals surface area contributed by atoms with Gasteiger partial charge in [-0.05, 0) is 25.0 Å². The van der Waals surface area contributed by atoms with Gasteiger partial charge in [0.25, 0.3) is 0 Å². The van der Waals surface area contributed by atoms with Gasteiger partial charge in [-0.15, -0.1) is 6.42 Å². The van der Waals surface area contributed by atoms with Gasteiger partial charge in [0, 0.05) is 31.3 Å². The first kappa shape index (κ1) is 17.4. The average Bonchev–Trinajstić information content (AvgIpc) is 3.25. The van der Waals surface area contributed by atoms with Crippen LogP contribution in [0, 0.1) is 29.9 Å². The Hall–Kier alpha value is -2.46. The highest BCUT2D eigenvalue weighted by Crippen LogP contribution is 2.27. The minimum Gasteiger partial charge on any atom is -0.375 e. The average molecular weight is 348 g/mol. The maximum Gasteiger partial charge on any atom is 0.227 e. The summed E-state index contributed by atoms with van der Waals surface area (Å²) < 4.78 is 31.9. The van der Waals surface area contributed by atoms with E-state index in [1.54, 1.807) is 0 Å². The van der Waals surface area contributed by atoms with Crippen LogP contribution >= 0.6 is 0 Å². The number of benzene rings is 1. The highest BCUT2D eigenvalue weighted by molar-refractivity contribution is 6.00. The third kappa shape index (κ3) is 3.64. The molecule has 0 bridgehead atoms. The summed E-state index contributed by atoms with van der Waals surface area (Å²) >= 11 is 0. The highest BCUT2D eigenvalue weighted by atomic mass is 19.2. The Morgan fingerprint density at radius 3 is 2.84 bits per heavy atom. The molecule has 25 heavy (non-hydrogen) atoms. The maximum atomic E-state index is 13.4. The van der Waals surface area contributed by atoms with Crippen LogP contribution in [0.1, 0.15) is 19.3 Å². The molecule has 2 aliphatic heterocycles. The standard InChI is InChI=1S/C18H18F2N2O3/c1-2-15(16-4-3-7-25-16)21-18(24)11-8-17(23)22(10-11)12-5-6-13(19)14(20)9-12/h1,5-6,9,11,15-16H,3-4,7-8,10H2,(H,21,24)/t11-,15+,16-/m1/s1. The van der Waals surface area contributed by atoms with Gasteiger partial charge < -0.3 is 15.0 Å². The van der Waals surface area contributed by atoms with Crippen LogP contribution in [0.3, 0.4) is 0 Å². The molecule has 2 amide bonds. The summed E-state index contributed by atoms with van der Waals surface area (Å²) in [5, 5.41) is 2.75. The molecule has 7 heteroatoms. The number of nitrogens with zero attached hydrogens (tertiary/aromatic N) is 1. The van der Waals surface area contributed by atoms with Gasteiger partial charge in [0.2, 0.25) is 11.8 Å². The maximum absolute atomic E-state index is 13.4. The van der Waals surface area contributed by atoms with Gasteiger partial charge in [-0.3, -0.25) is 9.59 Å². The molecule has 0 spiro atoms. The van der Waals surface area contributed by atoms with Crippen molar-refractivity contribution in [3.63, 3.8) is 0 Å². The van der Waals surface area contributed by atoms with Crippen molar-refractivity contribution in [1.82, 2.24) is 5.32 Å². The third-order valence-electron chi connectivity index (χ3n) is 4.52. The van der Waals surface area contributed by atoms with E-state index in [0.717, 1.165) is 25.0 Å². The van der Waals surface area contributed by atoms with Crippen molar-refractivity contribution in [2.75, 3.05) is 18.1 Å². The van der Waals surface area contributed by atoms with Crippen molar-refractivity contribution >= 4 is 17.5 Å². The second kappa shape index (κ2) is 7.19. The van der Waals surface area contributed by atoms with Crippen molar-refractivity contribution < 1.29 is 23.1 Å². The predicted octanol–water partition coefficient (Wildman–Crippen LogP) is 1.61. The molecule has 2 fully saturated rings. The van der Waals surface area contributed by atoms with Crippen molar-refractivity contribution in [3.05, 3.63) is 29.8 Å². The topological polar surface area (TPSA) is 58.6 Å². The molecule has 2 saturated heterocycles. The Labute approximate surface area is 144 Å². The summed E-state index contributed by atoms with van der Waals surface area (Å²) in [5.74, 6) is -0.761. The zero-order valence-corrected chi connectivity index (χ0v) is 13.5. The summed E-state index contributed by atoms with van der Waals surface area (Å²) in [4.78, 5) is 25.9. The molecule has 0 aliphatic carbocycles. The van der Waals surface area contributed by atoms with E-state index in [9.17, 15) is 18.4 Å². The van der Waals surface area contributed by atoms with Crippen LogP contribution in [0.25, 0.3) is 0 Å². The summed E-state index contributed by atoms with van der Waals surface area (Å²) in [6.07, 6.45) is 6.93. The fourth-order valence-corrected chi connectivity index (χ4v) is 3.16. The van der Waals surface area contributed by atoms with Crippen molar-refractivity contribution in [2.45, 2.75) is 31.4 Å². The third-order valence-corrected chi connectivity index (χ3v) is 4.52. The fourth-order valence-electron chi connectivity index (χ4n) is 3.16. The van der Waals surface area contributed by atoms with Gasteiger partial charge in [0.1, 0.15) is 6.04 Å². The molecule has 0 aromatic heterocycles. The largest absolute Gasteiger partial charge is 0.375 e. The molecule has 5 nitrogen and oxygen atoms in total. The second-order valence-corrected chi connectivity index (χ2v) is 6.21. The predicted molar refractivity (Wildman–Crippen MR) is 86.6 cm³/mol. The number of rotatable bonds is 4. The molecule has 1 aromatic rings. The molecular weight excluding hydrogens is 330 g/mol. The van der Waals surface area contributed by atoms with E-state index in [2.05, 4.69) is 11.2 Å². The zero-order valence-electron chi connectivity index (χ0n) is 13.5. The van der Waals surface area contributed by atoms with E-state index >= 15 is 0 Å². The Morgan fingerprint density at radius 1 is 1.40 bits per heavy atom. The van der Waals surface area contributed by atoms with Crippen LogP contribution in [0.4, 0.5) is 14.5 Å². The first-order valence-electron chi connectivity index (χ1n) is 8.13. The number of carbonyl (C=O) groups excluding carboxylic acids is 2. The smallest absolute Gasteiger partial charge is 0.227 e. The lowest BCUT2D eigenvalue weighted by molar-refractivity contribution is -0.127. The minimum absolute atomic E-state index is 0.00631. The van der Waals surface area contributed by atoms with Crippen molar-refractivity contribution in [2.24, 2.45) is 5.92 Å². The Balaban J connectivity index is 1.66. The molecule has 0 saturated carbocycles. The van der Waals surface area contributed by atoms with Gasteiger partial charge in [-0.1, -0.05) is 5.92 Å². The number of halogens is 2. The lowest BCUT2D eigenvalue weighted by Crippen LogP contribution is -2.45. The summed E-state index contributed by atoms with van der Waals surface area (Å²) in [5.41, 5.74) is 0.229. The van der Waals surface area contributed by atoms with Crippen molar-refractivity contribution in [1.29, 1.82) is 0 Å². The molecule has 3 atom stereocenters. The van der Waals surface area contributed by atoms with E-state index in [-0.39, 0.29) is 36.6 Å². The van der Waals surface area contributed by atoms with Gasteiger partial charge in [-0.25, -0.2) is 8.78 Å². The quantitative estimate of drug-likeness (QED) is 0.841. The Kier molecular flexibility index (Phi) is 5.00. The molecule has 0 unspecified atom stereocenters. The molecule has 2 heterocycles. The number of amides is 2. The highest BCUT2D eigenvalue weighted by Gasteiger charge is 2.37. The minimum atomic E-state index is -1.04. The molecule has 132 valence electrons. The molecule has 2 aliphatic rings. The van der Waals surface area contributed by atoms with Crippen LogP contribution in [0.5, 0.6) is 0 Å². The van der Waals surface area contributed by atoms with E-state index in [0.29, 0.717) is 6.61 Å². The molecule has 3 rings (SSSR count). The summed E-state index contributed by atoms with van der Waals surface area (Å²) in [7, 11) is 0. The van der Waals surface area contributed by atoms with E-state index in [1.165, 1.54) is 11.0 Å². The number of anilines is 1. The van der Waals surface area contributed by atoms with Gasteiger partial charge in [-0.2, -0.15) is 0 Å². The normalized spacial score (nSPS) is 24.2. The number of terminal acetylenes is 1.